The van der Waals surface area contributed by atoms with Crippen molar-refractivity contribution < 1.29 is 14.6 Å². The summed E-state index contributed by atoms with van der Waals surface area (Å²) in [5.41, 5.74) is 4.10. The van der Waals surface area contributed by atoms with Crippen molar-refractivity contribution in [1.82, 2.24) is 19.7 Å². The lowest BCUT2D eigenvalue weighted by molar-refractivity contribution is -0.0944. The molecule has 10 nitrogen and oxygen atoms in total. The average Bonchev–Trinajstić information content (AvgIpc) is 3.38. The van der Waals surface area contributed by atoms with Crippen molar-refractivity contribution in [3.05, 3.63) is 47.3 Å². The Bertz CT molecular complexity index is 1250. The second-order valence-corrected chi connectivity index (χ2v) is 8.94. The van der Waals surface area contributed by atoms with Crippen molar-refractivity contribution in [3.8, 4) is 17.3 Å². The second-order valence-electron chi connectivity index (χ2n) is 8.94. The zero-order chi connectivity index (χ0) is 23.7. The number of aliphatic hydroxyl groups excluding tert-OH is 1. The number of nitrogens with one attached hydrogen (secondary N) is 2. The Morgan fingerprint density at radius 2 is 2.24 bits per heavy atom. The van der Waals surface area contributed by atoms with Gasteiger partial charge in [0.15, 0.2) is 0 Å². The molecule has 0 radical (unpaired) electrons. The third-order valence-electron chi connectivity index (χ3n) is 6.27. The van der Waals surface area contributed by atoms with Gasteiger partial charge in [0.2, 0.25) is 5.95 Å². The Balaban J connectivity index is 1.44. The summed E-state index contributed by atoms with van der Waals surface area (Å²) in [6.07, 6.45) is 1.62. The van der Waals surface area contributed by atoms with E-state index in [4.69, 9.17) is 14.5 Å². The van der Waals surface area contributed by atoms with Crippen LogP contribution in [0, 0.1) is 18.3 Å². The molecule has 2 aliphatic rings. The topological polar surface area (TPSA) is 130 Å². The van der Waals surface area contributed by atoms with Crippen LogP contribution in [0.4, 0.5) is 17.5 Å². The van der Waals surface area contributed by atoms with Crippen LogP contribution in [0.2, 0.25) is 0 Å². The van der Waals surface area contributed by atoms with Gasteiger partial charge in [0.25, 0.3) is 0 Å². The molecule has 0 saturated carbocycles. The predicted octanol–water partition coefficient (Wildman–Crippen LogP) is 2.35. The quantitative estimate of drug-likeness (QED) is 0.506. The number of fused-ring (bicyclic) bond motifs is 1. The van der Waals surface area contributed by atoms with E-state index in [2.05, 4.69) is 26.8 Å². The van der Waals surface area contributed by atoms with Crippen LogP contribution in [-0.2, 0) is 21.4 Å². The number of rotatable bonds is 6. The smallest absolute Gasteiger partial charge is 0.228 e. The van der Waals surface area contributed by atoms with Crippen molar-refractivity contribution in [2.24, 2.45) is 0 Å². The Labute approximate surface area is 197 Å². The fourth-order valence-corrected chi connectivity index (χ4v) is 4.38. The lowest BCUT2D eigenvalue weighted by Crippen LogP contribution is -2.32. The SMILES string of the molecule is Cc1cc(Nc2nccc(-c3cc(C#N)c4c(c3)C(C)(CO)CN4)n2)n(CC2COCCO2)n1. The molecule has 4 heterocycles. The number of nitrogens with zero attached hydrogens (tertiary/aromatic N) is 5. The molecular formula is C24H27N7O3. The molecule has 0 aliphatic carbocycles. The zero-order valence-corrected chi connectivity index (χ0v) is 19.2. The van der Waals surface area contributed by atoms with E-state index >= 15 is 0 Å². The Morgan fingerprint density at radius 3 is 3.00 bits per heavy atom. The standard InChI is InChI=1S/C24H27N7O3/c1-15-7-21(31(30-15)11-18-12-33-5-6-34-18)29-23-26-4-3-20(28-23)16-8-17(10-25)22-19(9-16)24(2,14-32)13-27-22/h3-4,7-9,18,27,32H,5-6,11-14H2,1-2H3,(H,26,28,29). The highest BCUT2D eigenvalue weighted by Crippen LogP contribution is 2.41. The molecule has 3 N–H and O–H groups in total. The second kappa shape index (κ2) is 9.02. The number of aliphatic hydroxyl groups is 1. The summed E-state index contributed by atoms with van der Waals surface area (Å²) in [5.74, 6) is 1.18. The van der Waals surface area contributed by atoms with Gasteiger partial charge in [-0.3, -0.25) is 0 Å². The first-order chi connectivity index (χ1) is 16.5. The largest absolute Gasteiger partial charge is 0.395 e. The fraction of sp³-hybridized carbons (Fsp3) is 0.417. The van der Waals surface area contributed by atoms with E-state index in [1.807, 2.05) is 42.8 Å². The molecule has 3 aromatic rings. The predicted molar refractivity (Wildman–Crippen MR) is 126 cm³/mol. The Hall–Kier alpha value is -3.52. The van der Waals surface area contributed by atoms with E-state index in [1.165, 1.54) is 0 Å². The molecule has 2 atom stereocenters. The van der Waals surface area contributed by atoms with Gasteiger partial charge in [0.1, 0.15) is 18.0 Å². The van der Waals surface area contributed by atoms with Crippen LogP contribution in [0.5, 0.6) is 0 Å². The molecule has 0 amide bonds. The van der Waals surface area contributed by atoms with Crippen molar-refractivity contribution >= 4 is 17.5 Å². The lowest BCUT2D eigenvalue weighted by Gasteiger charge is -2.23. The number of nitriles is 1. The first kappa shape index (κ1) is 22.3. The maximum atomic E-state index is 9.97. The number of aromatic nitrogens is 4. The molecule has 2 aromatic heterocycles. The van der Waals surface area contributed by atoms with Crippen LogP contribution in [0.1, 0.15) is 23.7 Å². The third kappa shape index (κ3) is 4.21. The first-order valence-electron chi connectivity index (χ1n) is 11.3. The van der Waals surface area contributed by atoms with Crippen LogP contribution < -0.4 is 10.6 Å². The molecule has 176 valence electrons. The maximum absolute atomic E-state index is 9.97. The van der Waals surface area contributed by atoms with Crippen LogP contribution in [-0.4, -0.2) is 63.9 Å². The van der Waals surface area contributed by atoms with Crippen LogP contribution in [0.15, 0.2) is 30.5 Å². The van der Waals surface area contributed by atoms with E-state index in [0.717, 1.165) is 28.3 Å². The Kier molecular flexibility index (Phi) is 5.91. The molecule has 5 rings (SSSR count). The molecule has 1 saturated heterocycles. The molecular weight excluding hydrogens is 434 g/mol. The van der Waals surface area contributed by atoms with Crippen molar-refractivity contribution in [2.75, 3.05) is 43.6 Å². The van der Waals surface area contributed by atoms with E-state index < -0.39 is 5.41 Å². The molecule has 1 aromatic carbocycles. The van der Waals surface area contributed by atoms with Gasteiger partial charge in [0, 0.05) is 29.8 Å². The van der Waals surface area contributed by atoms with Gasteiger partial charge >= 0.3 is 0 Å². The zero-order valence-electron chi connectivity index (χ0n) is 19.2. The van der Waals surface area contributed by atoms with Gasteiger partial charge in [-0.05, 0) is 30.7 Å². The number of benzene rings is 1. The van der Waals surface area contributed by atoms with Gasteiger partial charge in [-0.15, -0.1) is 0 Å². The molecule has 34 heavy (non-hydrogen) atoms. The minimum absolute atomic E-state index is 0.0169. The van der Waals surface area contributed by atoms with Gasteiger partial charge in [-0.2, -0.15) is 10.4 Å². The molecule has 2 unspecified atom stereocenters. The van der Waals surface area contributed by atoms with Crippen molar-refractivity contribution in [3.63, 3.8) is 0 Å². The van der Waals surface area contributed by atoms with Crippen LogP contribution in [0.25, 0.3) is 11.3 Å². The minimum Gasteiger partial charge on any atom is -0.395 e. The van der Waals surface area contributed by atoms with Crippen molar-refractivity contribution in [1.29, 1.82) is 5.26 Å². The van der Waals surface area contributed by atoms with E-state index in [9.17, 15) is 10.4 Å². The van der Waals surface area contributed by atoms with Crippen LogP contribution >= 0.6 is 0 Å². The highest BCUT2D eigenvalue weighted by molar-refractivity contribution is 5.76. The van der Waals surface area contributed by atoms with Gasteiger partial charge < -0.3 is 25.2 Å². The molecule has 0 spiro atoms. The molecule has 0 bridgehead atoms. The normalized spacial score (nSPS) is 21.5. The van der Waals surface area contributed by atoms with E-state index in [-0.39, 0.29) is 12.7 Å². The average molecular weight is 462 g/mol. The van der Waals surface area contributed by atoms with Gasteiger partial charge in [0.05, 0.1) is 55.6 Å². The van der Waals surface area contributed by atoms with E-state index in [1.54, 1.807) is 6.20 Å². The van der Waals surface area contributed by atoms with E-state index in [0.29, 0.717) is 50.1 Å². The summed E-state index contributed by atoms with van der Waals surface area (Å²) < 4.78 is 13.1. The summed E-state index contributed by atoms with van der Waals surface area (Å²) in [6.45, 7) is 6.75. The summed E-state index contributed by atoms with van der Waals surface area (Å²) in [7, 11) is 0. The summed E-state index contributed by atoms with van der Waals surface area (Å²) >= 11 is 0. The van der Waals surface area contributed by atoms with Crippen LogP contribution in [0.3, 0.4) is 0 Å². The number of aryl methyl sites for hydroxylation is 1. The highest BCUT2D eigenvalue weighted by Gasteiger charge is 2.36. The Morgan fingerprint density at radius 1 is 1.35 bits per heavy atom. The van der Waals surface area contributed by atoms with Gasteiger partial charge in [-0.25, -0.2) is 14.6 Å². The highest BCUT2D eigenvalue weighted by atomic mass is 16.6. The number of anilines is 3. The summed E-state index contributed by atoms with van der Waals surface area (Å²) in [6, 6.07) is 9.81. The summed E-state index contributed by atoms with van der Waals surface area (Å²) in [4.78, 5) is 9.08. The number of hydrogen-bond acceptors (Lipinski definition) is 9. The fourth-order valence-electron chi connectivity index (χ4n) is 4.38. The number of ether oxygens (including phenoxy) is 2. The third-order valence-corrected chi connectivity index (χ3v) is 6.27. The van der Waals surface area contributed by atoms with Gasteiger partial charge in [-0.1, -0.05) is 6.92 Å². The lowest BCUT2D eigenvalue weighted by atomic mass is 9.83. The number of hydrogen-bond donors (Lipinski definition) is 3. The molecule has 10 heteroatoms. The van der Waals surface area contributed by atoms with Crippen molar-refractivity contribution in [2.45, 2.75) is 31.9 Å². The molecule has 1 fully saturated rings. The minimum atomic E-state index is -0.458. The monoisotopic (exact) mass is 461 g/mol. The first-order valence-corrected chi connectivity index (χ1v) is 11.3. The maximum Gasteiger partial charge on any atom is 0.228 e. The summed E-state index contributed by atoms with van der Waals surface area (Å²) in [5, 5.41) is 30.8. The molecule has 2 aliphatic heterocycles.